The molecule has 0 bridgehead atoms. The molecular weight excluding hydrogens is 286 g/mol. The number of rotatable bonds is 3. The normalized spacial score (nSPS) is 10.1. The third-order valence-electron chi connectivity index (χ3n) is 2.30. The van der Waals surface area contributed by atoms with E-state index < -0.39 is 0 Å². The van der Waals surface area contributed by atoms with Gasteiger partial charge in [0.1, 0.15) is 0 Å². The van der Waals surface area contributed by atoms with Gasteiger partial charge in [-0.3, -0.25) is 0 Å². The molecule has 16 heavy (non-hydrogen) atoms. The summed E-state index contributed by atoms with van der Waals surface area (Å²) >= 11 is 9.57. The fraction of sp³-hybridized carbons (Fsp3) is 0.0769. The zero-order valence-corrected chi connectivity index (χ0v) is 10.9. The maximum absolute atomic E-state index is 6.08. The van der Waals surface area contributed by atoms with Gasteiger partial charge < -0.3 is 5.32 Å². The zero-order valence-electron chi connectivity index (χ0n) is 8.58. The van der Waals surface area contributed by atoms with E-state index in [1.165, 1.54) is 0 Å². The number of para-hydroxylation sites is 1. The van der Waals surface area contributed by atoms with Crippen molar-refractivity contribution in [3.05, 3.63) is 63.6 Å². The molecule has 0 amide bonds. The Balaban J connectivity index is 2.09. The van der Waals surface area contributed by atoms with Crippen LogP contribution in [0.1, 0.15) is 5.56 Å². The van der Waals surface area contributed by atoms with E-state index in [-0.39, 0.29) is 0 Å². The molecule has 0 radical (unpaired) electrons. The average molecular weight is 297 g/mol. The molecule has 0 saturated carbocycles. The van der Waals surface area contributed by atoms with Crippen molar-refractivity contribution in [2.24, 2.45) is 0 Å². The minimum Gasteiger partial charge on any atom is -0.380 e. The lowest BCUT2D eigenvalue weighted by molar-refractivity contribution is 1.15. The summed E-state index contributed by atoms with van der Waals surface area (Å²) in [6.07, 6.45) is 0. The highest BCUT2D eigenvalue weighted by atomic mass is 79.9. The molecule has 0 unspecified atom stereocenters. The predicted molar refractivity (Wildman–Crippen MR) is 72.9 cm³/mol. The first-order valence-electron chi connectivity index (χ1n) is 4.99. The minimum absolute atomic E-state index is 0.724. The van der Waals surface area contributed by atoms with Crippen LogP contribution in [0.3, 0.4) is 0 Å². The quantitative estimate of drug-likeness (QED) is 0.864. The van der Waals surface area contributed by atoms with Gasteiger partial charge in [0.15, 0.2) is 0 Å². The maximum atomic E-state index is 6.08. The highest BCUT2D eigenvalue weighted by molar-refractivity contribution is 9.10. The summed E-state index contributed by atoms with van der Waals surface area (Å²) in [5.74, 6) is 0. The number of nitrogens with one attached hydrogen (secondary N) is 1. The van der Waals surface area contributed by atoms with Gasteiger partial charge in [-0.25, -0.2) is 0 Å². The molecule has 0 atom stereocenters. The Bertz CT molecular complexity index is 439. The summed E-state index contributed by atoms with van der Waals surface area (Å²) in [7, 11) is 0. The summed E-state index contributed by atoms with van der Waals surface area (Å²) in [6, 6.07) is 15.9. The number of benzene rings is 2. The van der Waals surface area contributed by atoms with Gasteiger partial charge in [0, 0.05) is 21.7 Å². The van der Waals surface area contributed by atoms with Gasteiger partial charge >= 0.3 is 0 Å². The van der Waals surface area contributed by atoms with Gasteiger partial charge in [0.05, 0.1) is 0 Å². The van der Waals surface area contributed by atoms with E-state index in [2.05, 4.69) is 21.2 Å². The van der Waals surface area contributed by atoms with Crippen molar-refractivity contribution in [2.45, 2.75) is 6.54 Å². The van der Waals surface area contributed by atoms with E-state index in [1.807, 2.05) is 48.5 Å². The Hall–Kier alpha value is -0.990. The van der Waals surface area contributed by atoms with Crippen LogP contribution in [0, 0.1) is 0 Å². The monoisotopic (exact) mass is 295 g/mol. The van der Waals surface area contributed by atoms with Crippen LogP contribution in [0.25, 0.3) is 0 Å². The Morgan fingerprint density at radius 1 is 1.00 bits per heavy atom. The van der Waals surface area contributed by atoms with Crippen molar-refractivity contribution in [1.82, 2.24) is 0 Å². The topological polar surface area (TPSA) is 12.0 Å². The standard InChI is InChI=1S/C13H11BrClN/c14-11-6-2-4-8-13(11)16-9-10-5-1-3-7-12(10)15/h1-8,16H,9H2. The second kappa shape index (κ2) is 5.37. The molecule has 0 aromatic heterocycles. The van der Waals surface area contributed by atoms with Gasteiger partial charge in [-0.05, 0) is 39.7 Å². The lowest BCUT2D eigenvalue weighted by atomic mass is 10.2. The molecular formula is C13H11BrClN. The predicted octanol–water partition coefficient (Wildman–Crippen LogP) is 4.71. The van der Waals surface area contributed by atoms with E-state index in [0.717, 1.165) is 27.3 Å². The molecule has 2 aromatic rings. The summed E-state index contributed by atoms with van der Waals surface area (Å²) in [4.78, 5) is 0. The van der Waals surface area contributed by atoms with Gasteiger partial charge in [0.2, 0.25) is 0 Å². The van der Waals surface area contributed by atoms with Crippen LogP contribution in [0.15, 0.2) is 53.0 Å². The molecule has 0 aliphatic carbocycles. The lowest BCUT2D eigenvalue weighted by Crippen LogP contribution is -2.00. The van der Waals surface area contributed by atoms with Crippen molar-refractivity contribution < 1.29 is 0 Å². The summed E-state index contributed by atoms with van der Waals surface area (Å²) < 4.78 is 1.06. The van der Waals surface area contributed by atoms with E-state index in [0.29, 0.717) is 0 Å². The largest absolute Gasteiger partial charge is 0.380 e. The number of hydrogen-bond donors (Lipinski definition) is 1. The fourth-order valence-electron chi connectivity index (χ4n) is 1.44. The summed E-state index contributed by atoms with van der Waals surface area (Å²) in [6.45, 7) is 0.724. The van der Waals surface area contributed by atoms with E-state index in [1.54, 1.807) is 0 Å². The highest BCUT2D eigenvalue weighted by Crippen LogP contribution is 2.23. The van der Waals surface area contributed by atoms with Gasteiger partial charge in [-0.2, -0.15) is 0 Å². The van der Waals surface area contributed by atoms with Crippen LogP contribution in [0.4, 0.5) is 5.69 Å². The zero-order chi connectivity index (χ0) is 11.4. The Labute approximate surface area is 109 Å². The Kier molecular flexibility index (Phi) is 3.86. The molecule has 0 aliphatic heterocycles. The Morgan fingerprint density at radius 2 is 1.69 bits per heavy atom. The maximum Gasteiger partial charge on any atom is 0.0487 e. The first-order valence-corrected chi connectivity index (χ1v) is 6.16. The third kappa shape index (κ3) is 2.77. The minimum atomic E-state index is 0.724. The molecule has 1 N–H and O–H groups in total. The molecule has 0 fully saturated rings. The van der Waals surface area contributed by atoms with Crippen molar-refractivity contribution in [1.29, 1.82) is 0 Å². The Morgan fingerprint density at radius 3 is 2.44 bits per heavy atom. The SMILES string of the molecule is Clc1ccccc1CNc1ccccc1Br. The van der Waals surface area contributed by atoms with Crippen LogP contribution in [0.2, 0.25) is 5.02 Å². The summed E-state index contributed by atoms with van der Waals surface area (Å²) in [5, 5.41) is 4.13. The molecule has 3 heteroatoms. The van der Waals surface area contributed by atoms with Crippen molar-refractivity contribution in [3.8, 4) is 0 Å². The molecule has 2 rings (SSSR count). The highest BCUT2D eigenvalue weighted by Gasteiger charge is 2.00. The molecule has 0 spiro atoms. The van der Waals surface area contributed by atoms with Crippen LogP contribution in [-0.4, -0.2) is 0 Å². The van der Waals surface area contributed by atoms with Gasteiger partial charge in [0.25, 0.3) is 0 Å². The second-order valence-electron chi connectivity index (χ2n) is 3.42. The van der Waals surface area contributed by atoms with Crippen LogP contribution in [0.5, 0.6) is 0 Å². The molecule has 2 aromatic carbocycles. The molecule has 1 nitrogen and oxygen atoms in total. The first kappa shape index (κ1) is 11.5. The molecule has 0 saturated heterocycles. The number of halogens is 2. The van der Waals surface area contributed by atoms with Gasteiger partial charge in [-0.1, -0.05) is 41.9 Å². The van der Waals surface area contributed by atoms with Crippen molar-refractivity contribution >= 4 is 33.2 Å². The first-order chi connectivity index (χ1) is 7.77. The van der Waals surface area contributed by atoms with Crippen molar-refractivity contribution in [2.75, 3.05) is 5.32 Å². The number of anilines is 1. The molecule has 0 aliphatic rings. The average Bonchev–Trinajstić information content (AvgIpc) is 2.30. The van der Waals surface area contributed by atoms with Crippen molar-refractivity contribution in [3.63, 3.8) is 0 Å². The van der Waals surface area contributed by atoms with Crippen LogP contribution >= 0.6 is 27.5 Å². The van der Waals surface area contributed by atoms with Gasteiger partial charge in [-0.15, -0.1) is 0 Å². The molecule has 0 heterocycles. The second-order valence-corrected chi connectivity index (χ2v) is 4.69. The van der Waals surface area contributed by atoms with E-state index >= 15 is 0 Å². The smallest absolute Gasteiger partial charge is 0.0487 e. The lowest BCUT2D eigenvalue weighted by Gasteiger charge is -2.09. The number of hydrogen-bond acceptors (Lipinski definition) is 1. The van der Waals surface area contributed by atoms with Crippen LogP contribution < -0.4 is 5.32 Å². The summed E-state index contributed by atoms with van der Waals surface area (Å²) in [5.41, 5.74) is 2.17. The third-order valence-corrected chi connectivity index (χ3v) is 3.36. The van der Waals surface area contributed by atoms with E-state index in [9.17, 15) is 0 Å². The van der Waals surface area contributed by atoms with E-state index in [4.69, 9.17) is 11.6 Å². The fourth-order valence-corrected chi connectivity index (χ4v) is 2.06. The van der Waals surface area contributed by atoms with Crippen LogP contribution in [-0.2, 0) is 6.54 Å². The molecule has 82 valence electrons.